The molecule has 23 heavy (non-hydrogen) atoms. The molecule has 0 radical (unpaired) electrons. The molecule has 0 N–H and O–H groups in total. The van der Waals surface area contributed by atoms with Crippen molar-refractivity contribution in [1.29, 1.82) is 0 Å². The lowest BCUT2D eigenvalue weighted by molar-refractivity contribution is 0.337. The Morgan fingerprint density at radius 3 is 2.87 bits per heavy atom. The molecule has 0 fully saturated rings. The van der Waals surface area contributed by atoms with Gasteiger partial charge in [0, 0.05) is 13.2 Å². The fourth-order valence-corrected chi connectivity index (χ4v) is 4.24. The molecule has 0 unspecified atom stereocenters. The van der Waals surface area contributed by atoms with Crippen LogP contribution >= 0.6 is 11.3 Å². The third-order valence-corrected chi connectivity index (χ3v) is 6.31. The van der Waals surface area contributed by atoms with Crippen LogP contribution in [0.4, 0.5) is 0 Å². The quantitative estimate of drug-likeness (QED) is 0.701. The molecular weight excluding hydrogens is 336 g/mol. The van der Waals surface area contributed by atoms with Gasteiger partial charge in [0.25, 0.3) is 10.0 Å². The maximum absolute atomic E-state index is 12.4. The van der Waals surface area contributed by atoms with E-state index in [4.69, 9.17) is 4.52 Å². The van der Waals surface area contributed by atoms with Gasteiger partial charge in [0.2, 0.25) is 11.7 Å². The minimum absolute atomic E-state index is 0.000943. The van der Waals surface area contributed by atoms with E-state index >= 15 is 0 Å². The van der Waals surface area contributed by atoms with Gasteiger partial charge in [-0.3, -0.25) is 4.98 Å². The first-order valence-corrected chi connectivity index (χ1v) is 9.04. The maximum atomic E-state index is 12.4. The van der Waals surface area contributed by atoms with Crippen LogP contribution in [0.5, 0.6) is 0 Å². The fraction of sp³-hybridized carbons (Fsp3) is 0.214. The van der Waals surface area contributed by atoms with E-state index in [1.165, 1.54) is 22.7 Å². The standard InChI is InChI=1S/C14H14N4O3S2/c1-10-5-6-15-11(8-10)14-16-12(21-17-14)9-18(2)23(19,20)13-4-3-7-22-13/h3-8H,9H2,1-2H3. The van der Waals surface area contributed by atoms with Gasteiger partial charge in [-0.1, -0.05) is 11.2 Å². The van der Waals surface area contributed by atoms with Crippen LogP contribution in [0.25, 0.3) is 11.5 Å². The first-order chi connectivity index (χ1) is 11.0. The Hall–Kier alpha value is -2.10. The molecule has 0 aliphatic heterocycles. The Balaban J connectivity index is 1.79. The van der Waals surface area contributed by atoms with E-state index in [0.29, 0.717) is 11.5 Å². The van der Waals surface area contributed by atoms with E-state index in [9.17, 15) is 8.42 Å². The Bertz CT molecular complexity index is 904. The van der Waals surface area contributed by atoms with Crippen molar-refractivity contribution in [3.63, 3.8) is 0 Å². The highest BCUT2D eigenvalue weighted by molar-refractivity contribution is 7.91. The van der Waals surface area contributed by atoms with Crippen molar-refractivity contribution in [2.75, 3.05) is 7.05 Å². The highest BCUT2D eigenvalue weighted by Crippen LogP contribution is 2.21. The molecule has 3 aromatic heterocycles. The van der Waals surface area contributed by atoms with Crippen LogP contribution in [0.1, 0.15) is 11.5 Å². The summed E-state index contributed by atoms with van der Waals surface area (Å²) in [6, 6.07) is 6.96. The molecule has 0 saturated heterocycles. The number of nitrogens with zero attached hydrogens (tertiary/aromatic N) is 4. The SMILES string of the molecule is Cc1ccnc(-c2noc(CN(C)S(=O)(=O)c3cccs3)n2)c1. The van der Waals surface area contributed by atoms with Crippen molar-refractivity contribution < 1.29 is 12.9 Å². The third-order valence-electron chi connectivity index (χ3n) is 3.13. The first kappa shape index (κ1) is 15.8. The van der Waals surface area contributed by atoms with Crippen LogP contribution in [-0.4, -0.2) is 34.9 Å². The number of aryl methyl sites for hydroxylation is 1. The highest BCUT2D eigenvalue weighted by atomic mass is 32.2. The van der Waals surface area contributed by atoms with Gasteiger partial charge in [0.15, 0.2) is 0 Å². The molecule has 0 aliphatic rings. The average molecular weight is 350 g/mol. The summed E-state index contributed by atoms with van der Waals surface area (Å²) < 4.78 is 31.3. The number of hydrogen-bond acceptors (Lipinski definition) is 7. The van der Waals surface area contributed by atoms with Crippen molar-refractivity contribution >= 4 is 21.4 Å². The van der Waals surface area contributed by atoms with Crippen molar-refractivity contribution in [3.8, 4) is 11.5 Å². The average Bonchev–Trinajstić information content (AvgIpc) is 3.19. The molecule has 120 valence electrons. The van der Waals surface area contributed by atoms with Crippen molar-refractivity contribution in [1.82, 2.24) is 19.4 Å². The van der Waals surface area contributed by atoms with Crippen LogP contribution in [0.15, 0.2) is 44.6 Å². The molecule has 0 atom stereocenters. The third kappa shape index (κ3) is 3.31. The number of rotatable bonds is 5. The molecule has 0 amide bonds. The smallest absolute Gasteiger partial charge is 0.252 e. The lowest BCUT2D eigenvalue weighted by Crippen LogP contribution is -2.25. The van der Waals surface area contributed by atoms with Crippen molar-refractivity contribution in [2.24, 2.45) is 0 Å². The second-order valence-electron chi connectivity index (χ2n) is 4.92. The normalized spacial score (nSPS) is 12.0. The summed E-state index contributed by atoms with van der Waals surface area (Å²) in [6.07, 6.45) is 1.66. The van der Waals surface area contributed by atoms with Crippen LogP contribution in [-0.2, 0) is 16.6 Å². The Labute approximate surface area is 137 Å². The number of aromatic nitrogens is 3. The van der Waals surface area contributed by atoms with Gasteiger partial charge < -0.3 is 4.52 Å². The maximum Gasteiger partial charge on any atom is 0.252 e. The number of pyridine rings is 1. The van der Waals surface area contributed by atoms with Gasteiger partial charge >= 0.3 is 0 Å². The molecule has 0 saturated carbocycles. The lowest BCUT2D eigenvalue weighted by atomic mass is 10.2. The largest absolute Gasteiger partial charge is 0.337 e. The second kappa shape index (κ2) is 6.19. The molecule has 0 bridgehead atoms. The predicted molar refractivity (Wildman–Crippen MR) is 85.2 cm³/mol. The molecule has 0 spiro atoms. The predicted octanol–water partition coefficient (Wildman–Crippen LogP) is 2.32. The van der Waals surface area contributed by atoms with Gasteiger partial charge in [0.05, 0.1) is 6.54 Å². The first-order valence-electron chi connectivity index (χ1n) is 6.72. The van der Waals surface area contributed by atoms with E-state index in [2.05, 4.69) is 15.1 Å². The Kier molecular flexibility index (Phi) is 4.24. The van der Waals surface area contributed by atoms with Crippen molar-refractivity contribution in [2.45, 2.75) is 17.7 Å². The fourth-order valence-electron chi connectivity index (χ4n) is 1.92. The Morgan fingerprint density at radius 2 is 2.17 bits per heavy atom. The molecular formula is C14H14N4O3S2. The van der Waals surface area contributed by atoms with Gasteiger partial charge in [-0.05, 0) is 36.1 Å². The van der Waals surface area contributed by atoms with E-state index in [0.717, 1.165) is 5.56 Å². The summed E-state index contributed by atoms with van der Waals surface area (Å²) in [6.45, 7) is 1.94. The van der Waals surface area contributed by atoms with E-state index in [1.807, 2.05) is 19.1 Å². The minimum atomic E-state index is -3.55. The molecule has 3 heterocycles. The molecule has 0 aromatic carbocycles. The van der Waals surface area contributed by atoms with Crippen molar-refractivity contribution in [3.05, 3.63) is 47.3 Å². The molecule has 3 aromatic rings. The van der Waals surface area contributed by atoms with Crippen LogP contribution in [0.3, 0.4) is 0 Å². The van der Waals surface area contributed by atoms with Gasteiger partial charge in [-0.25, -0.2) is 8.42 Å². The summed E-state index contributed by atoms with van der Waals surface area (Å²) >= 11 is 1.17. The summed E-state index contributed by atoms with van der Waals surface area (Å²) in [5, 5.41) is 5.58. The monoisotopic (exact) mass is 350 g/mol. The summed E-state index contributed by atoms with van der Waals surface area (Å²) in [4.78, 5) is 8.39. The highest BCUT2D eigenvalue weighted by Gasteiger charge is 2.24. The molecule has 7 nitrogen and oxygen atoms in total. The van der Waals surface area contributed by atoms with Crippen LogP contribution in [0, 0.1) is 6.92 Å². The lowest BCUT2D eigenvalue weighted by Gasteiger charge is -2.13. The topological polar surface area (TPSA) is 89.2 Å². The summed E-state index contributed by atoms with van der Waals surface area (Å²) in [5.41, 5.74) is 1.61. The summed E-state index contributed by atoms with van der Waals surface area (Å²) in [7, 11) is -2.07. The molecule has 3 rings (SSSR count). The van der Waals surface area contributed by atoms with Gasteiger partial charge in [0.1, 0.15) is 9.90 Å². The van der Waals surface area contributed by atoms with E-state index < -0.39 is 10.0 Å². The summed E-state index contributed by atoms with van der Waals surface area (Å²) in [5.74, 6) is 0.552. The minimum Gasteiger partial charge on any atom is -0.337 e. The number of thiophene rings is 1. The van der Waals surface area contributed by atoms with Crippen LogP contribution in [0.2, 0.25) is 0 Å². The molecule has 9 heteroatoms. The molecule has 0 aliphatic carbocycles. The van der Waals surface area contributed by atoms with Crippen LogP contribution < -0.4 is 0 Å². The zero-order valence-corrected chi connectivity index (χ0v) is 14.1. The second-order valence-corrected chi connectivity index (χ2v) is 8.14. The van der Waals surface area contributed by atoms with Gasteiger partial charge in [-0.15, -0.1) is 11.3 Å². The Morgan fingerprint density at radius 1 is 1.35 bits per heavy atom. The van der Waals surface area contributed by atoms with E-state index in [-0.39, 0.29) is 16.6 Å². The zero-order valence-electron chi connectivity index (χ0n) is 12.5. The number of hydrogen-bond donors (Lipinski definition) is 0. The van der Waals surface area contributed by atoms with Gasteiger partial charge in [-0.2, -0.15) is 9.29 Å². The van der Waals surface area contributed by atoms with E-state index in [1.54, 1.807) is 23.7 Å². The number of sulfonamides is 1. The zero-order chi connectivity index (χ0) is 16.4.